The molecule has 15 heavy (non-hydrogen) atoms. The summed E-state index contributed by atoms with van der Waals surface area (Å²) < 4.78 is 4.64. The fourth-order valence-electron chi connectivity index (χ4n) is 0.554. The van der Waals surface area contributed by atoms with E-state index in [1.54, 1.807) is 26.8 Å². The first kappa shape index (κ1) is 13.9. The van der Waals surface area contributed by atoms with Crippen molar-refractivity contribution >= 4 is 6.16 Å². The lowest BCUT2D eigenvalue weighted by Gasteiger charge is -2.14. The first-order valence-electron chi connectivity index (χ1n) is 4.76. The minimum atomic E-state index is -0.914. The average Bonchev–Trinajstić information content (AvgIpc) is 2.10. The molecule has 88 valence electrons. The van der Waals surface area contributed by atoms with E-state index in [0.29, 0.717) is 6.42 Å². The fourth-order valence-corrected chi connectivity index (χ4v) is 0.554. The Morgan fingerprint density at radius 2 is 2.07 bits per heavy atom. The molecular weight excluding hydrogens is 200 g/mol. The van der Waals surface area contributed by atoms with Crippen molar-refractivity contribution in [2.24, 2.45) is 0 Å². The molecule has 0 aromatic rings. The second-order valence-corrected chi connectivity index (χ2v) is 3.88. The van der Waals surface area contributed by atoms with Crippen LogP contribution in [-0.2, 0) is 19.6 Å². The molecule has 0 amide bonds. The number of carbonyl (C=O) groups is 1. The summed E-state index contributed by atoms with van der Waals surface area (Å²) in [5, 5.41) is 4.22. The van der Waals surface area contributed by atoms with E-state index >= 15 is 0 Å². The Hall–Kier alpha value is -1.07. The minimum absolute atomic E-state index is 0.268. The number of ether oxygens (including phenoxy) is 1. The lowest BCUT2D eigenvalue weighted by Crippen LogP contribution is -2.21. The van der Waals surface area contributed by atoms with Crippen LogP contribution >= 0.6 is 0 Å². The van der Waals surface area contributed by atoms with E-state index < -0.39 is 11.8 Å². The zero-order valence-corrected chi connectivity index (χ0v) is 9.45. The smallest absolute Gasteiger partial charge is 0.432 e. The highest BCUT2D eigenvalue weighted by atomic mass is 17.5. The lowest BCUT2D eigenvalue weighted by molar-refractivity contribution is -0.514. The topological polar surface area (TPSA) is 54.0 Å². The SMILES string of the molecule is C=CCCCOC(=O)OOOC(C)(C)C. The molecule has 5 heteroatoms. The normalized spacial score (nSPS) is 10.9. The maximum atomic E-state index is 10.8. The fraction of sp³-hybridized carbons (Fsp3) is 0.700. The second kappa shape index (κ2) is 7.25. The van der Waals surface area contributed by atoms with Gasteiger partial charge in [0.25, 0.3) is 0 Å². The van der Waals surface area contributed by atoms with Gasteiger partial charge in [0.1, 0.15) is 0 Å². The number of hydrogen-bond donors (Lipinski definition) is 0. The van der Waals surface area contributed by atoms with Crippen LogP contribution in [0, 0.1) is 0 Å². The molecule has 0 aromatic heterocycles. The molecule has 0 saturated carbocycles. The van der Waals surface area contributed by atoms with Crippen molar-refractivity contribution in [1.29, 1.82) is 0 Å². The van der Waals surface area contributed by atoms with Gasteiger partial charge in [0.2, 0.25) is 0 Å². The number of allylic oxidation sites excluding steroid dienone is 1. The van der Waals surface area contributed by atoms with Gasteiger partial charge in [0.05, 0.1) is 12.2 Å². The highest BCUT2D eigenvalue weighted by molar-refractivity contribution is 5.58. The molecule has 0 unspecified atom stereocenters. The summed E-state index contributed by atoms with van der Waals surface area (Å²) in [5.41, 5.74) is -0.539. The maximum absolute atomic E-state index is 10.8. The summed E-state index contributed by atoms with van der Waals surface area (Å²) in [6, 6.07) is 0. The third-order valence-electron chi connectivity index (χ3n) is 1.16. The summed E-state index contributed by atoms with van der Waals surface area (Å²) in [6.45, 7) is 9.07. The molecule has 0 fully saturated rings. The van der Waals surface area contributed by atoms with Crippen LogP contribution in [0.5, 0.6) is 0 Å². The first-order valence-corrected chi connectivity index (χ1v) is 4.76. The zero-order chi connectivity index (χ0) is 11.7. The van der Waals surface area contributed by atoms with Gasteiger partial charge in [0.15, 0.2) is 0 Å². The number of carbonyl (C=O) groups excluding carboxylic acids is 1. The molecule has 0 heterocycles. The van der Waals surface area contributed by atoms with Crippen molar-refractivity contribution in [2.75, 3.05) is 6.61 Å². The quantitative estimate of drug-likeness (QED) is 0.225. The summed E-state index contributed by atoms with van der Waals surface area (Å²) in [7, 11) is 0. The van der Waals surface area contributed by atoms with Crippen LogP contribution in [0.1, 0.15) is 33.6 Å². The van der Waals surface area contributed by atoms with Crippen LogP contribution in [-0.4, -0.2) is 18.4 Å². The van der Waals surface area contributed by atoms with E-state index in [0.717, 1.165) is 6.42 Å². The third-order valence-corrected chi connectivity index (χ3v) is 1.16. The Bertz CT molecular complexity index is 194. The van der Waals surface area contributed by atoms with Crippen LogP contribution in [0.15, 0.2) is 12.7 Å². The summed E-state index contributed by atoms with van der Waals surface area (Å²) in [4.78, 5) is 19.7. The zero-order valence-electron chi connectivity index (χ0n) is 9.45. The molecule has 0 saturated heterocycles. The van der Waals surface area contributed by atoms with Crippen LogP contribution in [0.25, 0.3) is 0 Å². The molecule has 0 rings (SSSR count). The molecule has 5 nitrogen and oxygen atoms in total. The Morgan fingerprint density at radius 3 is 2.60 bits per heavy atom. The Kier molecular flexibility index (Phi) is 6.73. The number of rotatable bonds is 6. The maximum Gasteiger partial charge on any atom is 0.542 e. The number of hydrogen-bond acceptors (Lipinski definition) is 5. The van der Waals surface area contributed by atoms with Crippen LogP contribution < -0.4 is 0 Å². The molecule has 0 atom stereocenters. The van der Waals surface area contributed by atoms with E-state index in [1.165, 1.54) is 0 Å². The molecule has 0 bridgehead atoms. The molecular formula is C10H18O5. The van der Waals surface area contributed by atoms with E-state index in [4.69, 9.17) is 0 Å². The van der Waals surface area contributed by atoms with Gasteiger partial charge in [-0.25, -0.2) is 9.68 Å². The van der Waals surface area contributed by atoms with E-state index in [9.17, 15) is 4.79 Å². The van der Waals surface area contributed by atoms with Gasteiger partial charge >= 0.3 is 6.16 Å². The van der Waals surface area contributed by atoms with Crippen molar-refractivity contribution in [3.63, 3.8) is 0 Å². The molecule has 0 spiro atoms. The lowest BCUT2D eigenvalue weighted by atomic mass is 10.2. The third kappa shape index (κ3) is 10.9. The van der Waals surface area contributed by atoms with Gasteiger partial charge in [-0.1, -0.05) is 6.08 Å². The first-order chi connectivity index (χ1) is 6.95. The van der Waals surface area contributed by atoms with Gasteiger partial charge in [0, 0.05) is 0 Å². The minimum Gasteiger partial charge on any atom is -0.432 e. The largest absolute Gasteiger partial charge is 0.542 e. The standard InChI is InChI=1S/C10H18O5/c1-5-6-7-8-12-9(11)13-15-14-10(2,3)4/h5H,1,6-8H2,2-4H3. The Balaban J connectivity index is 3.37. The van der Waals surface area contributed by atoms with Crippen molar-refractivity contribution < 1.29 is 24.3 Å². The summed E-state index contributed by atoms with van der Waals surface area (Å²) in [6.07, 6.45) is 2.32. The molecule has 0 aliphatic heterocycles. The average molecular weight is 218 g/mol. The van der Waals surface area contributed by atoms with Gasteiger partial charge in [-0.05, 0) is 38.7 Å². The molecule has 0 aliphatic rings. The van der Waals surface area contributed by atoms with Crippen molar-refractivity contribution in [1.82, 2.24) is 0 Å². The molecule has 0 aliphatic carbocycles. The van der Waals surface area contributed by atoms with E-state index in [-0.39, 0.29) is 6.61 Å². The number of unbranched alkanes of at least 4 members (excludes halogenated alkanes) is 1. The van der Waals surface area contributed by atoms with Crippen LogP contribution in [0.3, 0.4) is 0 Å². The molecule has 0 radical (unpaired) electrons. The van der Waals surface area contributed by atoms with Crippen molar-refractivity contribution in [2.45, 2.75) is 39.2 Å². The van der Waals surface area contributed by atoms with E-state index in [2.05, 4.69) is 26.1 Å². The van der Waals surface area contributed by atoms with Crippen molar-refractivity contribution in [3.05, 3.63) is 12.7 Å². The van der Waals surface area contributed by atoms with Gasteiger partial charge in [-0.3, -0.25) is 0 Å². The predicted octanol–water partition coefficient (Wildman–Crippen LogP) is 2.77. The monoisotopic (exact) mass is 218 g/mol. The van der Waals surface area contributed by atoms with Gasteiger partial charge in [-0.2, -0.15) is 4.89 Å². The second-order valence-electron chi connectivity index (χ2n) is 3.88. The van der Waals surface area contributed by atoms with Crippen molar-refractivity contribution in [3.8, 4) is 0 Å². The van der Waals surface area contributed by atoms with E-state index in [1.807, 2.05) is 0 Å². The van der Waals surface area contributed by atoms with Crippen LogP contribution in [0.2, 0.25) is 0 Å². The van der Waals surface area contributed by atoms with Crippen LogP contribution in [0.4, 0.5) is 4.79 Å². The summed E-state index contributed by atoms with van der Waals surface area (Å²) in [5.74, 6) is 0. The van der Waals surface area contributed by atoms with Gasteiger partial charge in [-0.15, -0.1) is 6.58 Å². The highest BCUT2D eigenvalue weighted by Gasteiger charge is 2.14. The van der Waals surface area contributed by atoms with Gasteiger partial charge < -0.3 is 4.74 Å². The predicted molar refractivity (Wildman–Crippen MR) is 53.8 cm³/mol. The summed E-state index contributed by atoms with van der Waals surface area (Å²) >= 11 is 0. The molecule has 0 aromatic carbocycles. The Labute approximate surface area is 89.8 Å². The molecule has 0 N–H and O–H groups in total. The Morgan fingerprint density at radius 1 is 1.40 bits per heavy atom. The highest BCUT2D eigenvalue weighted by Crippen LogP contribution is 2.07.